The van der Waals surface area contributed by atoms with E-state index in [1.807, 2.05) is 11.9 Å². The van der Waals surface area contributed by atoms with E-state index in [-0.39, 0.29) is 11.3 Å². The smallest absolute Gasteiger partial charge is 0.342 e. The number of nitrogens with one attached hydrogen (secondary N) is 1. The molecule has 2 N–H and O–H groups in total. The Bertz CT molecular complexity index is 526. The minimum Gasteiger partial charge on any atom is -0.477 e. The number of piperidine rings is 1. The van der Waals surface area contributed by atoms with Gasteiger partial charge in [-0.3, -0.25) is 10.1 Å². The molecule has 7 heteroatoms. The Morgan fingerprint density at radius 3 is 2.65 bits per heavy atom. The molecule has 1 aliphatic heterocycles. The molecule has 7 nitrogen and oxygen atoms in total. The Balaban J connectivity index is 2.30. The van der Waals surface area contributed by atoms with Crippen molar-refractivity contribution in [1.29, 1.82) is 0 Å². The summed E-state index contributed by atoms with van der Waals surface area (Å²) in [5.41, 5.74) is 0.0295. The number of benzene rings is 1. The summed E-state index contributed by atoms with van der Waals surface area (Å²) in [6, 6.07) is 4.57. The van der Waals surface area contributed by atoms with Crippen LogP contribution in [0.3, 0.4) is 0 Å². The van der Waals surface area contributed by atoms with Gasteiger partial charge in [0.15, 0.2) is 0 Å². The highest BCUT2D eigenvalue weighted by Gasteiger charge is 2.23. The fourth-order valence-corrected chi connectivity index (χ4v) is 2.48. The van der Waals surface area contributed by atoms with Crippen LogP contribution >= 0.6 is 0 Å². The first kappa shape index (κ1) is 14.3. The van der Waals surface area contributed by atoms with E-state index in [4.69, 9.17) is 5.11 Å². The summed E-state index contributed by atoms with van der Waals surface area (Å²) in [5.74, 6) is -1.28. The van der Waals surface area contributed by atoms with E-state index in [0.29, 0.717) is 11.7 Å². The van der Waals surface area contributed by atoms with Crippen LogP contribution in [-0.2, 0) is 0 Å². The zero-order valence-electron chi connectivity index (χ0n) is 11.2. The maximum Gasteiger partial charge on any atom is 0.342 e. The molecule has 0 bridgehead atoms. The molecule has 20 heavy (non-hydrogen) atoms. The SMILES string of the molecule is CN(c1ccc(C(=O)O)c([N+](=O)[O-])c1)C1CCNCC1. The molecule has 1 fully saturated rings. The lowest BCUT2D eigenvalue weighted by Crippen LogP contribution is -2.41. The van der Waals surface area contributed by atoms with E-state index in [9.17, 15) is 14.9 Å². The van der Waals surface area contributed by atoms with Crippen molar-refractivity contribution in [3.05, 3.63) is 33.9 Å². The van der Waals surface area contributed by atoms with Crippen LogP contribution in [0.25, 0.3) is 0 Å². The molecule has 1 aromatic carbocycles. The lowest BCUT2D eigenvalue weighted by molar-refractivity contribution is -0.385. The maximum absolute atomic E-state index is 11.0. The molecule has 0 aromatic heterocycles. The van der Waals surface area contributed by atoms with Gasteiger partial charge in [-0.05, 0) is 38.1 Å². The molecule has 0 amide bonds. The van der Waals surface area contributed by atoms with E-state index in [2.05, 4.69) is 5.32 Å². The van der Waals surface area contributed by atoms with Gasteiger partial charge in [-0.2, -0.15) is 0 Å². The molecular weight excluding hydrogens is 262 g/mol. The van der Waals surface area contributed by atoms with Crippen LogP contribution in [0.5, 0.6) is 0 Å². The Kier molecular flexibility index (Phi) is 4.19. The number of carboxylic acid groups (broad SMARTS) is 1. The third-order valence-corrected chi connectivity index (χ3v) is 3.67. The van der Waals surface area contributed by atoms with Crippen LogP contribution in [0.4, 0.5) is 11.4 Å². The van der Waals surface area contributed by atoms with Gasteiger partial charge >= 0.3 is 5.97 Å². The van der Waals surface area contributed by atoms with E-state index in [0.717, 1.165) is 25.9 Å². The topological polar surface area (TPSA) is 95.7 Å². The number of hydrogen-bond acceptors (Lipinski definition) is 5. The average Bonchev–Trinajstić information content (AvgIpc) is 2.46. The van der Waals surface area contributed by atoms with Gasteiger partial charge in [0.1, 0.15) is 5.56 Å². The Hall–Kier alpha value is -2.15. The monoisotopic (exact) mass is 279 g/mol. The lowest BCUT2D eigenvalue weighted by atomic mass is 10.0. The van der Waals surface area contributed by atoms with Gasteiger partial charge < -0.3 is 15.3 Å². The van der Waals surface area contributed by atoms with Gasteiger partial charge in [0, 0.05) is 24.8 Å². The highest BCUT2D eigenvalue weighted by molar-refractivity contribution is 5.93. The largest absolute Gasteiger partial charge is 0.477 e. The fraction of sp³-hybridized carbons (Fsp3) is 0.462. The third-order valence-electron chi connectivity index (χ3n) is 3.67. The second-order valence-electron chi connectivity index (χ2n) is 4.86. The third kappa shape index (κ3) is 2.88. The normalized spacial score (nSPS) is 15.8. The van der Waals surface area contributed by atoms with E-state index >= 15 is 0 Å². The number of nitrogens with zero attached hydrogens (tertiary/aromatic N) is 2. The molecule has 0 spiro atoms. The quantitative estimate of drug-likeness (QED) is 0.640. The summed E-state index contributed by atoms with van der Waals surface area (Å²) >= 11 is 0. The highest BCUT2D eigenvalue weighted by Crippen LogP contribution is 2.27. The zero-order valence-corrected chi connectivity index (χ0v) is 11.2. The van der Waals surface area contributed by atoms with Crippen molar-refractivity contribution in [1.82, 2.24) is 5.32 Å². The zero-order chi connectivity index (χ0) is 14.7. The van der Waals surface area contributed by atoms with Crippen LogP contribution in [0, 0.1) is 10.1 Å². The number of rotatable bonds is 4. The van der Waals surface area contributed by atoms with Crippen molar-refractivity contribution in [2.24, 2.45) is 0 Å². The second kappa shape index (κ2) is 5.87. The van der Waals surface area contributed by atoms with Crippen molar-refractivity contribution in [2.75, 3.05) is 25.0 Å². The van der Waals surface area contributed by atoms with Gasteiger partial charge in [0.25, 0.3) is 5.69 Å². The molecular formula is C13H17N3O4. The van der Waals surface area contributed by atoms with E-state index in [1.165, 1.54) is 12.1 Å². The van der Waals surface area contributed by atoms with E-state index in [1.54, 1.807) is 6.07 Å². The van der Waals surface area contributed by atoms with Crippen molar-refractivity contribution in [2.45, 2.75) is 18.9 Å². The predicted molar refractivity (Wildman–Crippen MR) is 74.4 cm³/mol. The fourth-order valence-electron chi connectivity index (χ4n) is 2.48. The standard InChI is InChI=1S/C13H17N3O4/c1-15(9-4-6-14-7-5-9)10-2-3-11(13(17)18)12(8-10)16(19)20/h2-3,8-9,14H,4-7H2,1H3,(H,17,18). The molecule has 0 radical (unpaired) electrons. The first-order valence-electron chi connectivity index (χ1n) is 6.46. The Morgan fingerprint density at radius 1 is 1.45 bits per heavy atom. The molecule has 1 aromatic rings. The number of nitro benzene ring substituents is 1. The van der Waals surface area contributed by atoms with Crippen LogP contribution in [0.2, 0.25) is 0 Å². The summed E-state index contributed by atoms with van der Waals surface area (Å²) in [5, 5.41) is 23.2. The minimum atomic E-state index is -1.28. The van der Waals surface area contributed by atoms with Crippen LogP contribution in [0.1, 0.15) is 23.2 Å². The van der Waals surface area contributed by atoms with Gasteiger partial charge in [-0.25, -0.2) is 4.79 Å². The lowest BCUT2D eigenvalue weighted by Gasteiger charge is -2.33. The number of nitro groups is 1. The van der Waals surface area contributed by atoms with Crippen LogP contribution in [-0.4, -0.2) is 42.2 Å². The highest BCUT2D eigenvalue weighted by atomic mass is 16.6. The summed E-state index contributed by atoms with van der Waals surface area (Å²) in [6.45, 7) is 1.84. The molecule has 1 saturated heterocycles. The van der Waals surface area contributed by atoms with Crippen LogP contribution in [0.15, 0.2) is 18.2 Å². The first-order valence-corrected chi connectivity index (χ1v) is 6.46. The van der Waals surface area contributed by atoms with Gasteiger partial charge in [0.2, 0.25) is 0 Å². The summed E-state index contributed by atoms with van der Waals surface area (Å²) in [7, 11) is 1.88. The molecule has 1 aliphatic rings. The summed E-state index contributed by atoms with van der Waals surface area (Å²) < 4.78 is 0. The van der Waals surface area contributed by atoms with Gasteiger partial charge in [-0.15, -0.1) is 0 Å². The molecule has 0 atom stereocenters. The predicted octanol–water partition coefficient (Wildman–Crippen LogP) is 1.48. The number of carboxylic acids is 1. The molecule has 2 rings (SSSR count). The minimum absolute atomic E-state index is 0.280. The second-order valence-corrected chi connectivity index (χ2v) is 4.86. The van der Waals surface area contributed by atoms with Crippen LogP contribution < -0.4 is 10.2 Å². The average molecular weight is 279 g/mol. The maximum atomic E-state index is 11.0. The van der Waals surface area contributed by atoms with Crippen molar-refractivity contribution >= 4 is 17.3 Å². The number of carbonyl (C=O) groups is 1. The molecule has 0 unspecified atom stereocenters. The summed E-state index contributed by atoms with van der Waals surface area (Å²) in [4.78, 5) is 23.3. The van der Waals surface area contributed by atoms with Gasteiger partial charge in [0.05, 0.1) is 4.92 Å². The van der Waals surface area contributed by atoms with E-state index < -0.39 is 10.9 Å². The van der Waals surface area contributed by atoms with Gasteiger partial charge in [-0.1, -0.05) is 0 Å². The number of anilines is 1. The number of aromatic carboxylic acids is 1. The number of hydrogen-bond donors (Lipinski definition) is 2. The molecule has 0 aliphatic carbocycles. The molecule has 0 saturated carbocycles. The van der Waals surface area contributed by atoms with Crippen molar-refractivity contribution in [3.8, 4) is 0 Å². The van der Waals surface area contributed by atoms with Crippen molar-refractivity contribution in [3.63, 3.8) is 0 Å². The first-order chi connectivity index (χ1) is 9.50. The molecule has 108 valence electrons. The van der Waals surface area contributed by atoms with Crippen molar-refractivity contribution < 1.29 is 14.8 Å². The molecule has 1 heterocycles. The summed E-state index contributed by atoms with van der Waals surface area (Å²) in [6.07, 6.45) is 1.93. The Morgan fingerprint density at radius 2 is 2.10 bits per heavy atom. The Labute approximate surface area is 116 Å².